The summed E-state index contributed by atoms with van der Waals surface area (Å²) in [6.45, 7) is 6.17. The fraction of sp³-hybridized carbons (Fsp3) is 0.684. The highest BCUT2D eigenvalue weighted by Crippen LogP contribution is 2.34. The molecule has 0 bridgehead atoms. The number of carbonyl (C=O) groups excluding carboxylic acids is 2. The molecule has 0 saturated heterocycles. The Hall–Kier alpha value is -1.66. The SMILES string of the molecule is C=CC(N)=O.C=CC(N)=O.NC1CCC(CC2CCC(N)CC2)CC1. The minimum atomic E-state index is -0.481. The van der Waals surface area contributed by atoms with Crippen LogP contribution in [0.5, 0.6) is 0 Å². The Morgan fingerprint density at radius 1 is 0.720 bits per heavy atom. The number of amides is 2. The van der Waals surface area contributed by atoms with Crippen molar-refractivity contribution in [2.75, 3.05) is 0 Å². The fourth-order valence-corrected chi connectivity index (χ4v) is 3.32. The standard InChI is InChI=1S/C13H26N2.2C3H5NO/c14-12-5-1-10(2-6-12)9-11-3-7-13(15)8-4-11;2*1-2-3(4)5/h10-13H,1-9,14-15H2;2*2H,1H2,(H2,4,5). The van der Waals surface area contributed by atoms with Gasteiger partial charge in [0.2, 0.25) is 11.8 Å². The number of carbonyl (C=O) groups is 2. The monoisotopic (exact) mass is 352 g/mol. The molecule has 2 aliphatic rings. The molecular formula is C19H36N4O2. The number of rotatable bonds is 4. The van der Waals surface area contributed by atoms with Gasteiger partial charge in [0.1, 0.15) is 0 Å². The molecule has 0 aromatic rings. The van der Waals surface area contributed by atoms with Crippen molar-refractivity contribution in [2.45, 2.75) is 69.9 Å². The minimum Gasteiger partial charge on any atom is -0.366 e. The van der Waals surface area contributed by atoms with E-state index in [1.807, 2.05) is 0 Å². The van der Waals surface area contributed by atoms with Gasteiger partial charge in [0.15, 0.2) is 0 Å². The van der Waals surface area contributed by atoms with Gasteiger partial charge in [-0.1, -0.05) is 13.2 Å². The molecule has 6 nitrogen and oxygen atoms in total. The van der Waals surface area contributed by atoms with E-state index < -0.39 is 11.8 Å². The predicted molar refractivity (Wildman–Crippen MR) is 103 cm³/mol. The first-order valence-corrected chi connectivity index (χ1v) is 9.13. The Bertz CT molecular complexity index is 372. The molecule has 0 aliphatic heterocycles. The van der Waals surface area contributed by atoms with Gasteiger partial charge in [-0.15, -0.1) is 0 Å². The number of hydrogen-bond acceptors (Lipinski definition) is 4. The smallest absolute Gasteiger partial charge is 0.240 e. The van der Waals surface area contributed by atoms with E-state index in [1.54, 1.807) is 0 Å². The maximum Gasteiger partial charge on any atom is 0.240 e. The molecule has 2 aliphatic carbocycles. The van der Waals surface area contributed by atoms with Crippen LogP contribution < -0.4 is 22.9 Å². The van der Waals surface area contributed by atoms with Crippen molar-refractivity contribution in [2.24, 2.45) is 34.8 Å². The zero-order chi connectivity index (χ0) is 19.2. The van der Waals surface area contributed by atoms with Crippen LogP contribution in [0.1, 0.15) is 57.8 Å². The topological polar surface area (TPSA) is 138 Å². The van der Waals surface area contributed by atoms with E-state index >= 15 is 0 Å². The molecule has 0 radical (unpaired) electrons. The van der Waals surface area contributed by atoms with Gasteiger partial charge in [0, 0.05) is 12.1 Å². The van der Waals surface area contributed by atoms with Crippen LogP contribution in [0.25, 0.3) is 0 Å². The molecule has 0 aromatic heterocycles. The van der Waals surface area contributed by atoms with E-state index in [2.05, 4.69) is 24.6 Å². The molecule has 0 heterocycles. The Morgan fingerprint density at radius 2 is 0.960 bits per heavy atom. The van der Waals surface area contributed by atoms with E-state index in [9.17, 15) is 9.59 Å². The van der Waals surface area contributed by atoms with Gasteiger partial charge < -0.3 is 22.9 Å². The van der Waals surface area contributed by atoms with Gasteiger partial charge in [-0.25, -0.2) is 0 Å². The van der Waals surface area contributed by atoms with E-state index in [0.717, 1.165) is 24.0 Å². The van der Waals surface area contributed by atoms with Gasteiger partial charge in [-0.05, 0) is 81.8 Å². The average molecular weight is 353 g/mol. The zero-order valence-electron chi connectivity index (χ0n) is 15.4. The lowest BCUT2D eigenvalue weighted by Gasteiger charge is -2.32. The molecule has 0 atom stereocenters. The lowest BCUT2D eigenvalue weighted by Crippen LogP contribution is -2.30. The van der Waals surface area contributed by atoms with Crippen LogP contribution in [0.2, 0.25) is 0 Å². The van der Waals surface area contributed by atoms with Crippen molar-refractivity contribution >= 4 is 11.8 Å². The van der Waals surface area contributed by atoms with Gasteiger partial charge in [-0.2, -0.15) is 0 Å². The summed E-state index contributed by atoms with van der Waals surface area (Å²) >= 11 is 0. The summed E-state index contributed by atoms with van der Waals surface area (Å²) < 4.78 is 0. The van der Waals surface area contributed by atoms with Crippen molar-refractivity contribution in [3.63, 3.8) is 0 Å². The molecule has 0 aromatic carbocycles. The van der Waals surface area contributed by atoms with Gasteiger partial charge in [0.05, 0.1) is 0 Å². The van der Waals surface area contributed by atoms with Gasteiger partial charge in [-0.3, -0.25) is 9.59 Å². The molecule has 2 amide bonds. The van der Waals surface area contributed by atoms with Crippen LogP contribution in [0.4, 0.5) is 0 Å². The van der Waals surface area contributed by atoms with E-state index in [-0.39, 0.29) is 0 Å². The first kappa shape index (κ1) is 23.3. The van der Waals surface area contributed by atoms with Crippen molar-refractivity contribution in [3.8, 4) is 0 Å². The second-order valence-electron chi connectivity index (χ2n) is 7.01. The molecule has 0 unspecified atom stereocenters. The normalized spacial score (nSPS) is 28.2. The highest BCUT2D eigenvalue weighted by atomic mass is 16.1. The van der Waals surface area contributed by atoms with E-state index in [0.29, 0.717) is 12.1 Å². The fourth-order valence-electron chi connectivity index (χ4n) is 3.32. The Morgan fingerprint density at radius 3 is 1.16 bits per heavy atom. The number of nitrogens with two attached hydrogens (primary N) is 4. The van der Waals surface area contributed by atoms with E-state index in [1.165, 1.54) is 57.8 Å². The summed E-state index contributed by atoms with van der Waals surface area (Å²) in [6.07, 6.45) is 14.1. The summed E-state index contributed by atoms with van der Waals surface area (Å²) in [5.74, 6) is 0.989. The van der Waals surface area contributed by atoms with Crippen LogP contribution in [-0.4, -0.2) is 23.9 Å². The van der Waals surface area contributed by atoms with Crippen molar-refractivity contribution < 1.29 is 9.59 Å². The maximum absolute atomic E-state index is 9.47. The number of hydrogen-bond donors (Lipinski definition) is 4. The van der Waals surface area contributed by atoms with Crippen LogP contribution >= 0.6 is 0 Å². The summed E-state index contributed by atoms with van der Waals surface area (Å²) in [4.78, 5) is 18.9. The Balaban J connectivity index is 0.000000480. The molecular weight excluding hydrogens is 316 g/mol. The molecule has 2 rings (SSSR count). The lowest BCUT2D eigenvalue weighted by molar-refractivity contribution is -0.114. The Labute approximate surface area is 152 Å². The lowest BCUT2D eigenvalue weighted by atomic mass is 9.76. The van der Waals surface area contributed by atoms with Crippen LogP contribution in [0.15, 0.2) is 25.3 Å². The highest BCUT2D eigenvalue weighted by molar-refractivity contribution is 5.85. The molecule has 6 heteroatoms. The summed E-state index contributed by atoms with van der Waals surface area (Å²) in [6, 6.07) is 1.00. The third-order valence-electron chi connectivity index (χ3n) is 4.85. The van der Waals surface area contributed by atoms with Crippen molar-refractivity contribution in [1.82, 2.24) is 0 Å². The summed E-state index contributed by atoms with van der Waals surface area (Å²) in [5.41, 5.74) is 20.9. The molecule has 144 valence electrons. The average Bonchev–Trinajstić information content (AvgIpc) is 2.60. The largest absolute Gasteiger partial charge is 0.366 e. The van der Waals surface area contributed by atoms with Gasteiger partial charge >= 0.3 is 0 Å². The highest BCUT2D eigenvalue weighted by Gasteiger charge is 2.24. The molecule has 2 fully saturated rings. The van der Waals surface area contributed by atoms with Crippen molar-refractivity contribution in [1.29, 1.82) is 0 Å². The molecule has 0 spiro atoms. The third-order valence-corrected chi connectivity index (χ3v) is 4.85. The summed E-state index contributed by atoms with van der Waals surface area (Å²) in [7, 11) is 0. The maximum atomic E-state index is 9.47. The van der Waals surface area contributed by atoms with Crippen LogP contribution in [0, 0.1) is 11.8 Å². The third kappa shape index (κ3) is 13.3. The molecule has 8 N–H and O–H groups in total. The zero-order valence-corrected chi connectivity index (χ0v) is 15.4. The van der Waals surface area contributed by atoms with Crippen LogP contribution in [-0.2, 0) is 9.59 Å². The van der Waals surface area contributed by atoms with E-state index in [4.69, 9.17) is 11.5 Å². The van der Waals surface area contributed by atoms with Crippen LogP contribution in [0.3, 0.4) is 0 Å². The van der Waals surface area contributed by atoms with Crippen molar-refractivity contribution in [3.05, 3.63) is 25.3 Å². The minimum absolute atomic E-state index is 0.481. The quantitative estimate of drug-likeness (QED) is 0.572. The molecule has 2 saturated carbocycles. The second-order valence-corrected chi connectivity index (χ2v) is 7.01. The summed E-state index contributed by atoms with van der Waals surface area (Å²) in [5, 5.41) is 0. The first-order chi connectivity index (χ1) is 11.8. The first-order valence-electron chi connectivity index (χ1n) is 9.13. The predicted octanol–water partition coefficient (Wildman–Crippen LogP) is 1.73. The number of primary amides is 2. The molecule has 25 heavy (non-hydrogen) atoms. The second kappa shape index (κ2) is 13.6. The Kier molecular flexibility index (Phi) is 12.7. The van der Waals surface area contributed by atoms with Gasteiger partial charge in [0.25, 0.3) is 0 Å².